The summed E-state index contributed by atoms with van der Waals surface area (Å²) in [4.78, 5) is 13.8. The molecule has 0 saturated carbocycles. The average molecular weight is 583 g/mol. The van der Waals surface area contributed by atoms with E-state index < -0.39 is 48.3 Å². The Bertz CT molecular complexity index is 1250. The number of hydrogen-bond donors (Lipinski definition) is 0. The van der Waals surface area contributed by atoms with E-state index in [1.807, 2.05) is 6.07 Å². The van der Waals surface area contributed by atoms with E-state index in [2.05, 4.69) is 0 Å². The van der Waals surface area contributed by atoms with Crippen molar-refractivity contribution in [1.82, 2.24) is 4.90 Å². The first-order chi connectivity index (χ1) is 16.7. The van der Waals surface area contributed by atoms with Gasteiger partial charge in [-0.3, -0.25) is 0 Å². The van der Waals surface area contributed by atoms with Crippen LogP contribution in [0.3, 0.4) is 0 Å². The molecule has 196 valence electrons. The zero-order valence-corrected chi connectivity index (χ0v) is 22.4. The van der Waals surface area contributed by atoms with Crippen LogP contribution in [0.5, 0.6) is 5.75 Å². The summed E-state index contributed by atoms with van der Waals surface area (Å²) in [6.07, 6.45) is 3.01. The molecule has 2 aliphatic rings. The molecule has 1 saturated heterocycles. The first-order valence-corrected chi connectivity index (χ1v) is 14.4. The minimum atomic E-state index is -3.58. The standard InChI is InChI=1S/C24H24Cl3F2NO5S/c1-36(32,33)13-18-19(28)11-17(12-20(18)29)15-2-3-21-16(10-15)4-5-23(35-21)6-8-30(9-7-23)22(31)34-14-24(25,26)27/h2-3,10-12H,4-9,13-14H2,1H3. The largest absolute Gasteiger partial charge is 0.487 e. The second-order valence-electron chi connectivity index (χ2n) is 9.25. The molecule has 2 aromatic rings. The number of ether oxygens (including phenoxy) is 2. The van der Waals surface area contributed by atoms with E-state index in [-0.39, 0.29) is 6.61 Å². The SMILES string of the molecule is CS(=O)(=O)Cc1c(F)cc(-c2ccc3c(c2)CCC2(CCN(C(=O)OCC(Cl)(Cl)Cl)CC2)O3)cc1F. The van der Waals surface area contributed by atoms with Crippen LogP contribution in [0.25, 0.3) is 11.1 Å². The molecule has 2 aromatic carbocycles. The van der Waals surface area contributed by atoms with Gasteiger partial charge in [-0.15, -0.1) is 0 Å². The molecule has 1 spiro atoms. The minimum Gasteiger partial charge on any atom is -0.487 e. The molecule has 0 N–H and O–H groups in total. The number of rotatable bonds is 4. The van der Waals surface area contributed by atoms with Crippen molar-refractivity contribution in [3.05, 3.63) is 53.1 Å². The number of piperidine rings is 1. The third kappa shape index (κ3) is 6.54. The number of benzene rings is 2. The van der Waals surface area contributed by atoms with Gasteiger partial charge in [0.25, 0.3) is 0 Å². The van der Waals surface area contributed by atoms with Gasteiger partial charge in [-0.2, -0.15) is 0 Å². The number of aryl methyl sites for hydroxylation is 1. The maximum atomic E-state index is 14.5. The molecule has 2 aliphatic heterocycles. The third-order valence-electron chi connectivity index (χ3n) is 6.41. The Morgan fingerprint density at radius 2 is 1.72 bits per heavy atom. The first-order valence-electron chi connectivity index (χ1n) is 11.2. The lowest BCUT2D eigenvalue weighted by Gasteiger charge is -2.44. The number of sulfone groups is 1. The fraction of sp³-hybridized carbons (Fsp3) is 0.458. The lowest BCUT2D eigenvalue weighted by Crippen LogP contribution is -2.51. The predicted molar refractivity (Wildman–Crippen MR) is 134 cm³/mol. The Labute approximate surface area is 223 Å². The van der Waals surface area contributed by atoms with Crippen LogP contribution in [0.2, 0.25) is 0 Å². The molecule has 0 unspecified atom stereocenters. The highest BCUT2D eigenvalue weighted by Gasteiger charge is 2.41. The van der Waals surface area contributed by atoms with Crippen molar-refractivity contribution < 1.29 is 31.5 Å². The molecular weight excluding hydrogens is 559 g/mol. The number of amides is 1. The number of halogens is 5. The van der Waals surface area contributed by atoms with Crippen LogP contribution in [0.1, 0.15) is 30.4 Å². The monoisotopic (exact) mass is 581 g/mol. The number of likely N-dealkylation sites (tertiary alicyclic amines) is 1. The van der Waals surface area contributed by atoms with Crippen LogP contribution in [-0.2, 0) is 26.7 Å². The van der Waals surface area contributed by atoms with E-state index in [0.29, 0.717) is 49.2 Å². The van der Waals surface area contributed by atoms with Crippen LogP contribution in [0.4, 0.5) is 13.6 Å². The molecule has 6 nitrogen and oxygen atoms in total. The Kier molecular flexibility index (Phi) is 7.68. The Balaban J connectivity index is 1.44. The van der Waals surface area contributed by atoms with Gasteiger partial charge >= 0.3 is 6.09 Å². The van der Waals surface area contributed by atoms with Crippen molar-refractivity contribution in [3.63, 3.8) is 0 Å². The van der Waals surface area contributed by atoms with Crippen molar-refractivity contribution >= 4 is 50.7 Å². The topological polar surface area (TPSA) is 72.9 Å². The average Bonchev–Trinajstić information content (AvgIpc) is 2.79. The highest BCUT2D eigenvalue weighted by Crippen LogP contribution is 2.41. The van der Waals surface area contributed by atoms with Gasteiger partial charge in [0.05, 0.1) is 5.75 Å². The third-order valence-corrected chi connectivity index (χ3v) is 7.55. The number of hydrogen-bond acceptors (Lipinski definition) is 5. The van der Waals surface area contributed by atoms with Crippen molar-refractivity contribution in [2.24, 2.45) is 0 Å². The van der Waals surface area contributed by atoms with Crippen LogP contribution < -0.4 is 4.74 Å². The van der Waals surface area contributed by atoms with E-state index in [1.54, 1.807) is 17.0 Å². The van der Waals surface area contributed by atoms with Crippen LogP contribution in [-0.4, -0.2) is 54.8 Å². The molecule has 0 bridgehead atoms. The zero-order valence-electron chi connectivity index (χ0n) is 19.3. The normalized spacial score (nSPS) is 17.4. The van der Waals surface area contributed by atoms with Crippen molar-refractivity contribution in [2.45, 2.75) is 40.8 Å². The minimum absolute atomic E-state index is 0.312. The maximum Gasteiger partial charge on any atom is 0.409 e. The van der Waals surface area contributed by atoms with Gasteiger partial charge in [-0.25, -0.2) is 22.0 Å². The van der Waals surface area contributed by atoms with Crippen molar-refractivity contribution in [2.75, 3.05) is 26.0 Å². The van der Waals surface area contributed by atoms with Crippen molar-refractivity contribution in [3.8, 4) is 16.9 Å². The molecule has 0 aliphatic carbocycles. The second-order valence-corrected chi connectivity index (χ2v) is 13.9. The van der Waals surface area contributed by atoms with Gasteiger partial charge in [0.1, 0.15) is 29.6 Å². The molecular formula is C24H24Cl3F2NO5S. The summed E-state index contributed by atoms with van der Waals surface area (Å²) in [5, 5.41) is 0. The molecule has 1 amide bonds. The Morgan fingerprint density at radius 3 is 2.31 bits per heavy atom. The van der Waals surface area contributed by atoms with Gasteiger partial charge in [0, 0.05) is 37.8 Å². The van der Waals surface area contributed by atoms with Gasteiger partial charge < -0.3 is 14.4 Å². The number of nitrogens with zero attached hydrogens (tertiary/aromatic N) is 1. The summed E-state index contributed by atoms with van der Waals surface area (Å²) >= 11 is 16.9. The highest BCUT2D eigenvalue weighted by atomic mass is 35.6. The number of carbonyl (C=O) groups excluding carboxylic acids is 1. The second kappa shape index (κ2) is 10.2. The lowest BCUT2D eigenvalue weighted by molar-refractivity contribution is -0.0141. The van der Waals surface area contributed by atoms with Gasteiger partial charge in [-0.1, -0.05) is 40.9 Å². The quantitative estimate of drug-likeness (QED) is 0.424. The van der Waals surface area contributed by atoms with E-state index in [0.717, 1.165) is 30.4 Å². The smallest absolute Gasteiger partial charge is 0.409 e. The Morgan fingerprint density at radius 1 is 1.08 bits per heavy atom. The number of carbonyl (C=O) groups is 1. The highest BCUT2D eigenvalue weighted by molar-refractivity contribution is 7.89. The summed E-state index contributed by atoms with van der Waals surface area (Å²) in [5.41, 5.74) is 0.928. The Hall–Kier alpha value is -1.81. The lowest BCUT2D eigenvalue weighted by atomic mass is 9.82. The summed E-state index contributed by atoms with van der Waals surface area (Å²) < 4.78 is 61.7. The van der Waals surface area contributed by atoms with E-state index >= 15 is 0 Å². The van der Waals surface area contributed by atoms with E-state index in [9.17, 15) is 22.0 Å². The molecule has 0 radical (unpaired) electrons. The number of fused-ring (bicyclic) bond motifs is 1. The summed E-state index contributed by atoms with van der Waals surface area (Å²) in [6.45, 7) is 0.535. The fourth-order valence-corrected chi connectivity index (χ4v) is 5.52. The molecule has 0 aromatic heterocycles. The first kappa shape index (κ1) is 27.2. The van der Waals surface area contributed by atoms with Crippen LogP contribution in [0, 0.1) is 11.6 Å². The fourth-order valence-electron chi connectivity index (χ4n) is 4.55. The zero-order chi connectivity index (χ0) is 26.3. The molecule has 36 heavy (non-hydrogen) atoms. The van der Waals surface area contributed by atoms with Crippen molar-refractivity contribution in [1.29, 1.82) is 0 Å². The molecule has 2 heterocycles. The van der Waals surface area contributed by atoms with Gasteiger partial charge in [-0.05, 0) is 53.8 Å². The molecule has 4 rings (SSSR count). The maximum absolute atomic E-state index is 14.5. The molecule has 12 heteroatoms. The number of alkyl halides is 3. The molecule has 0 atom stereocenters. The summed E-state index contributed by atoms with van der Waals surface area (Å²) in [7, 11) is -3.58. The summed E-state index contributed by atoms with van der Waals surface area (Å²) in [6, 6.07) is 7.61. The van der Waals surface area contributed by atoms with E-state index in [1.165, 1.54) is 0 Å². The molecule has 1 fully saturated rings. The van der Waals surface area contributed by atoms with Crippen LogP contribution >= 0.6 is 34.8 Å². The van der Waals surface area contributed by atoms with Gasteiger partial charge in [0.2, 0.25) is 3.79 Å². The van der Waals surface area contributed by atoms with Gasteiger partial charge in [0.15, 0.2) is 9.84 Å². The van der Waals surface area contributed by atoms with E-state index in [4.69, 9.17) is 44.3 Å². The predicted octanol–water partition coefficient (Wildman–Crippen LogP) is 5.84. The summed E-state index contributed by atoms with van der Waals surface area (Å²) in [5.74, 6) is -1.82. The van der Waals surface area contributed by atoms with Crippen LogP contribution in [0.15, 0.2) is 30.3 Å².